The molecule has 0 unspecified atom stereocenters. The van der Waals surface area contributed by atoms with Gasteiger partial charge in [0, 0.05) is 37.6 Å². The number of nitrogens with zero attached hydrogens (tertiary/aromatic N) is 3. The third-order valence-electron chi connectivity index (χ3n) is 3.52. The molecule has 2 aromatic heterocycles. The molecule has 0 saturated carbocycles. The molecule has 0 amide bonds. The summed E-state index contributed by atoms with van der Waals surface area (Å²) in [6.07, 6.45) is 4.58. The maximum Gasteiger partial charge on any atom is 0.102 e. The molecule has 0 radical (unpaired) electrons. The average molecular weight is 241 g/mol. The van der Waals surface area contributed by atoms with E-state index >= 15 is 0 Å². The second kappa shape index (κ2) is 4.45. The van der Waals surface area contributed by atoms with E-state index in [0.717, 1.165) is 36.2 Å². The van der Waals surface area contributed by atoms with Gasteiger partial charge in [-0.25, -0.2) is 0 Å². The lowest BCUT2D eigenvalue weighted by atomic mass is 10.1. The first kappa shape index (κ1) is 11.3. The molecule has 0 aliphatic carbocycles. The van der Waals surface area contributed by atoms with E-state index in [1.165, 1.54) is 0 Å². The van der Waals surface area contributed by atoms with Crippen LogP contribution in [0.25, 0.3) is 5.52 Å². The predicted octanol–water partition coefficient (Wildman–Crippen LogP) is 1.38. The predicted molar refractivity (Wildman–Crippen MR) is 68.0 cm³/mol. The van der Waals surface area contributed by atoms with Gasteiger partial charge in [-0.15, -0.1) is 0 Å². The molecule has 1 aliphatic heterocycles. The lowest BCUT2D eigenvalue weighted by Gasteiger charge is -2.13. The molecule has 92 valence electrons. The number of fused-ring (bicyclic) bond motifs is 1. The highest BCUT2D eigenvalue weighted by molar-refractivity contribution is 5.65. The Bertz CT molecular complexity index is 611. The molecule has 0 bridgehead atoms. The number of aliphatic hydroxyl groups excluding tert-OH is 1. The zero-order chi connectivity index (χ0) is 12.5. The number of hydrogen-bond acceptors (Lipinski definition) is 3. The van der Waals surface area contributed by atoms with Crippen LogP contribution in [0, 0.1) is 11.3 Å². The maximum atomic E-state index is 9.53. The molecule has 1 aliphatic rings. The SMILES string of the molecule is N#Cc1c(CN2CC[C@@H](O)C2)cn2ccccc12. The number of likely N-dealkylation sites (tertiary alicyclic amines) is 1. The van der Waals surface area contributed by atoms with Crippen LogP contribution in [-0.2, 0) is 6.54 Å². The van der Waals surface area contributed by atoms with E-state index in [1.807, 2.05) is 35.0 Å². The van der Waals surface area contributed by atoms with E-state index in [9.17, 15) is 10.4 Å². The van der Waals surface area contributed by atoms with Crippen molar-refractivity contribution in [3.05, 3.63) is 41.7 Å². The molecular weight excluding hydrogens is 226 g/mol. The van der Waals surface area contributed by atoms with Gasteiger partial charge in [-0.05, 0) is 18.6 Å². The molecule has 1 saturated heterocycles. The molecule has 4 heteroatoms. The molecule has 1 atom stereocenters. The van der Waals surface area contributed by atoms with E-state index in [-0.39, 0.29) is 6.10 Å². The van der Waals surface area contributed by atoms with E-state index in [2.05, 4.69) is 11.0 Å². The lowest BCUT2D eigenvalue weighted by molar-refractivity contribution is 0.175. The van der Waals surface area contributed by atoms with Gasteiger partial charge in [-0.2, -0.15) is 5.26 Å². The number of rotatable bonds is 2. The van der Waals surface area contributed by atoms with Gasteiger partial charge in [0.1, 0.15) is 6.07 Å². The second-order valence-corrected chi connectivity index (χ2v) is 4.81. The van der Waals surface area contributed by atoms with Gasteiger partial charge in [-0.1, -0.05) is 6.07 Å². The van der Waals surface area contributed by atoms with E-state index in [0.29, 0.717) is 6.54 Å². The van der Waals surface area contributed by atoms with Crippen LogP contribution in [-0.4, -0.2) is 33.6 Å². The highest BCUT2D eigenvalue weighted by Crippen LogP contribution is 2.21. The van der Waals surface area contributed by atoms with Crippen molar-refractivity contribution in [2.45, 2.75) is 19.1 Å². The van der Waals surface area contributed by atoms with Gasteiger partial charge in [0.25, 0.3) is 0 Å². The van der Waals surface area contributed by atoms with Gasteiger partial charge in [-0.3, -0.25) is 4.90 Å². The number of pyridine rings is 1. The standard InChI is InChI=1S/C14H15N3O/c15-7-13-11(8-16-6-4-12(18)10-16)9-17-5-2-1-3-14(13)17/h1-3,5,9,12,18H,4,6,8,10H2/t12-/m1/s1. The summed E-state index contributed by atoms with van der Waals surface area (Å²) >= 11 is 0. The number of nitriles is 1. The summed E-state index contributed by atoms with van der Waals surface area (Å²) < 4.78 is 1.99. The fraction of sp³-hybridized carbons (Fsp3) is 0.357. The van der Waals surface area contributed by atoms with Crippen LogP contribution in [0.2, 0.25) is 0 Å². The Morgan fingerprint density at radius 2 is 2.33 bits per heavy atom. The van der Waals surface area contributed by atoms with Crippen molar-refractivity contribution in [1.29, 1.82) is 5.26 Å². The molecule has 4 nitrogen and oxygen atoms in total. The Balaban J connectivity index is 1.94. The van der Waals surface area contributed by atoms with Crippen molar-refractivity contribution in [3.8, 4) is 6.07 Å². The number of aromatic nitrogens is 1. The Kier molecular flexibility index (Phi) is 2.78. The molecular formula is C14H15N3O. The summed E-state index contributed by atoms with van der Waals surface area (Å²) in [6, 6.07) is 8.15. The summed E-state index contributed by atoms with van der Waals surface area (Å²) in [6.45, 7) is 2.34. The van der Waals surface area contributed by atoms with E-state index in [4.69, 9.17) is 0 Å². The van der Waals surface area contributed by atoms with E-state index < -0.39 is 0 Å². The monoisotopic (exact) mass is 241 g/mol. The van der Waals surface area contributed by atoms with Crippen LogP contribution < -0.4 is 0 Å². The molecule has 0 spiro atoms. The zero-order valence-electron chi connectivity index (χ0n) is 10.1. The van der Waals surface area contributed by atoms with Crippen molar-refractivity contribution >= 4 is 5.52 Å². The quantitative estimate of drug-likeness (QED) is 0.864. The van der Waals surface area contributed by atoms with Gasteiger partial charge in [0.15, 0.2) is 0 Å². The number of hydrogen-bond donors (Lipinski definition) is 1. The van der Waals surface area contributed by atoms with Crippen LogP contribution in [0.5, 0.6) is 0 Å². The molecule has 0 aromatic carbocycles. The van der Waals surface area contributed by atoms with Crippen LogP contribution in [0.3, 0.4) is 0 Å². The van der Waals surface area contributed by atoms with Crippen LogP contribution >= 0.6 is 0 Å². The average Bonchev–Trinajstić information content (AvgIpc) is 2.92. The first-order chi connectivity index (χ1) is 8.78. The van der Waals surface area contributed by atoms with Crippen LogP contribution in [0.1, 0.15) is 17.5 Å². The summed E-state index contributed by atoms with van der Waals surface area (Å²) in [5.74, 6) is 0. The summed E-state index contributed by atoms with van der Waals surface area (Å²) in [5, 5.41) is 18.8. The molecule has 3 rings (SSSR count). The first-order valence-electron chi connectivity index (χ1n) is 6.17. The minimum atomic E-state index is -0.215. The largest absolute Gasteiger partial charge is 0.392 e. The van der Waals surface area contributed by atoms with Gasteiger partial charge in [0.2, 0.25) is 0 Å². The number of β-amino-alcohol motifs (C(OH)–C–C–N with tert-alkyl or cyclic N) is 1. The molecule has 18 heavy (non-hydrogen) atoms. The molecule has 1 fully saturated rings. The molecule has 3 heterocycles. The van der Waals surface area contributed by atoms with Crippen molar-refractivity contribution in [1.82, 2.24) is 9.30 Å². The second-order valence-electron chi connectivity index (χ2n) is 4.81. The fourth-order valence-electron chi connectivity index (χ4n) is 2.62. The maximum absolute atomic E-state index is 9.53. The smallest absolute Gasteiger partial charge is 0.102 e. The summed E-state index contributed by atoms with van der Waals surface area (Å²) in [5.41, 5.74) is 2.74. The Hall–Kier alpha value is -1.83. The normalized spacial score (nSPS) is 20.3. The van der Waals surface area contributed by atoms with Gasteiger partial charge < -0.3 is 9.51 Å². The highest BCUT2D eigenvalue weighted by Gasteiger charge is 2.22. The minimum Gasteiger partial charge on any atom is -0.392 e. The Morgan fingerprint density at radius 1 is 1.44 bits per heavy atom. The fourth-order valence-corrected chi connectivity index (χ4v) is 2.62. The van der Waals surface area contributed by atoms with E-state index in [1.54, 1.807) is 0 Å². The minimum absolute atomic E-state index is 0.215. The topological polar surface area (TPSA) is 51.7 Å². The van der Waals surface area contributed by atoms with Crippen LogP contribution in [0.4, 0.5) is 0 Å². The first-order valence-corrected chi connectivity index (χ1v) is 6.17. The number of aliphatic hydroxyl groups is 1. The zero-order valence-corrected chi connectivity index (χ0v) is 10.1. The summed E-state index contributed by atoms with van der Waals surface area (Å²) in [7, 11) is 0. The van der Waals surface area contributed by atoms with Crippen molar-refractivity contribution in [2.75, 3.05) is 13.1 Å². The van der Waals surface area contributed by atoms with Gasteiger partial charge in [0.05, 0.1) is 17.2 Å². The summed E-state index contributed by atoms with van der Waals surface area (Å²) in [4.78, 5) is 2.19. The van der Waals surface area contributed by atoms with Crippen LogP contribution in [0.15, 0.2) is 30.6 Å². The highest BCUT2D eigenvalue weighted by atomic mass is 16.3. The Labute approximate surface area is 106 Å². The Morgan fingerprint density at radius 3 is 3.06 bits per heavy atom. The third-order valence-corrected chi connectivity index (χ3v) is 3.52. The molecule has 2 aromatic rings. The van der Waals surface area contributed by atoms with Crippen molar-refractivity contribution in [3.63, 3.8) is 0 Å². The van der Waals surface area contributed by atoms with Crippen molar-refractivity contribution in [2.24, 2.45) is 0 Å². The lowest BCUT2D eigenvalue weighted by Crippen LogP contribution is -2.21. The van der Waals surface area contributed by atoms with Crippen molar-refractivity contribution < 1.29 is 5.11 Å². The molecule has 1 N–H and O–H groups in total. The van der Waals surface area contributed by atoms with Gasteiger partial charge >= 0.3 is 0 Å². The third kappa shape index (κ3) is 1.88.